The highest BCUT2D eigenvalue weighted by molar-refractivity contribution is 5.54. The molecule has 20 heavy (non-hydrogen) atoms. The first kappa shape index (κ1) is 14.2. The maximum atomic E-state index is 12.5. The fourth-order valence-electron chi connectivity index (χ4n) is 1.81. The van der Waals surface area contributed by atoms with Crippen LogP contribution in [0, 0.1) is 6.92 Å². The zero-order chi connectivity index (χ0) is 14.9. The molecule has 2 N–H and O–H groups in total. The van der Waals surface area contributed by atoms with Gasteiger partial charge in [0.2, 0.25) is 0 Å². The van der Waals surface area contributed by atoms with E-state index in [1.165, 1.54) is 6.07 Å². The van der Waals surface area contributed by atoms with E-state index in [-0.39, 0.29) is 18.0 Å². The van der Waals surface area contributed by atoms with Gasteiger partial charge in [0, 0.05) is 7.05 Å². The molecule has 4 nitrogen and oxygen atoms in total. The molecule has 0 saturated carbocycles. The lowest BCUT2D eigenvalue weighted by Gasteiger charge is -2.12. The molecule has 0 aliphatic rings. The lowest BCUT2D eigenvalue weighted by molar-refractivity contribution is -0.137. The Morgan fingerprint density at radius 3 is 2.50 bits per heavy atom. The molecule has 0 spiro atoms. The van der Waals surface area contributed by atoms with E-state index in [0.29, 0.717) is 0 Å². The van der Waals surface area contributed by atoms with Gasteiger partial charge in [0.15, 0.2) is 0 Å². The predicted octanol–water partition coefficient (Wildman–Crippen LogP) is 2.91. The quantitative estimate of drug-likeness (QED) is 0.882. The van der Waals surface area contributed by atoms with E-state index in [1.54, 1.807) is 11.7 Å². The SMILES string of the molecule is Cc1cc(COc2ccc(C(F)(F)F)cc2N)n(C)n1. The number of nitrogens with two attached hydrogens (primary N) is 1. The fourth-order valence-corrected chi connectivity index (χ4v) is 1.81. The fraction of sp³-hybridized carbons (Fsp3) is 0.308. The number of aryl methyl sites for hydroxylation is 2. The number of hydrogen-bond acceptors (Lipinski definition) is 3. The van der Waals surface area contributed by atoms with Crippen molar-refractivity contribution in [1.82, 2.24) is 9.78 Å². The molecule has 1 aromatic carbocycles. The topological polar surface area (TPSA) is 53.1 Å². The van der Waals surface area contributed by atoms with E-state index in [1.807, 2.05) is 13.0 Å². The van der Waals surface area contributed by atoms with Crippen molar-refractivity contribution in [2.45, 2.75) is 19.7 Å². The molecule has 0 bridgehead atoms. The van der Waals surface area contributed by atoms with Gasteiger partial charge in [0.05, 0.1) is 22.6 Å². The summed E-state index contributed by atoms with van der Waals surface area (Å²) in [5.41, 5.74) is 6.39. The largest absolute Gasteiger partial charge is 0.485 e. The Bertz CT molecular complexity index is 620. The molecule has 1 heterocycles. The summed E-state index contributed by atoms with van der Waals surface area (Å²) in [6.45, 7) is 2.03. The van der Waals surface area contributed by atoms with Crippen LogP contribution >= 0.6 is 0 Å². The highest BCUT2D eigenvalue weighted by Crippen LogP contribution is 2.33. The van der Waals surface area contributed by atoms with Crippen molar-refractivity contribution in [3.63, 3.8) is 0 Å². The maximum absolute atomic E-state index is 12.5. The smallest absolute Gasteiger partial charge is 0.416 e. The number of hydrogen-bond donors (Lipinski definition) is 1. The summed E-state index contributed by atoms with van der Waals surface area (Å²) in [6.07, 6.45) is -4.41. The summed E-state index contributed by atoms with van der Waals surface area (Å²) in [7, 11) is 1.77. The van der Waals surface area contributed by atoms with Gasteiger partial charge in [-0.2, -0.15) is 18.3 Å². The van der Waals surface area contributed by atoms with Gasteiger partial charge in [-0.15, -0.1) is 0 Å². The molecule has 2 aromatic rings. The van der Waals surface area contributed by atoms with Crippen LogP contribution in [0.3, 0.4) is 0 Å². The first-order valence-corrected chi connectivity index (χ1v) is 5.86. The molecular formula is C13H14F3N3O. The van der Waals surface area contributed by atoms with Crippen molar-refractivity contribution < 1.29 is 17.9 Å². The number of halogens is 3. The Morgan fingerprint density at radius 2 is 2.00 bits per heavy atom. The van der Waals surface area contributed by atoms with Gasteiger partial charge in [-0.05, 0) is 31.2 Å². The maximum Gasteiger partial charge on any atom is 0.416 e. The summed E-state index contributed by atoms with van der Waals surface area (Å²) < 4.78 is 44.6. The van der Waals surface area contributed by atoms with Gasteiger partial charge < -0.3 is 10.5 Å². The number of nitrogen functional groups attached to an aromatic ring is 1. The van der Waals surface area contributed by atoms with E-state index in [0.717, 1.165) is 23.5 Å². The molecule has 0 radical (unpaired) electrons. The van der Waals surface area contributed by atoms with Crippen molar-refractivity contribution in [1.29, 1.82) is 0 Å². The number of anilines is 1. The summed E-state index contributed by atoms with van der Waals surface area (Å²) in [4.78, 5) is 0. The number of ether oxygens (including phenoxy) is 1. The molecule has 1 aromatic heterocycles. The lowest BCUT2D eigenvalue weighted by atomic mass is 10.2. The van der Waals surface area contributed by atoms with Crippen LogP contribution in [0.5, 0.6) is 5.75 Å². The van der Waals surface area contributed by atoms with Crippen molar-refractivity contribution in [3.05, 3.63) is 41.2 Å². The molecule has 0 amide bonds. The van der Waals surface area contributed by atoms with Gasteiger partial charge in [0.25, 0.3) is 0 Å². The van der Waals surface area contributed by atoms with Crippen molar-refractivity contribution in [3.8, 4) is 5.75 Å². The first-order chi connectivity index (χ1) is 9.27. The minimum atomic E-state index is -4.41. The van der Waals surface area contributed by atoms with Crippen LogP contribution in [0.1, 0.15) is 17.0 Å². The number of nitrogens with zero attached hydrogens (tertiary/aromatic N) is 2. The minimum absolute atomic E-state index is 0.0429. The molecule has 108 valence electrons. The third kappa shape index (κ3) is 3.04. The van der Waals surface area contributed by atoms with Gasteiger partial charge in [0.1, 0.15) is 12.4 Å². The second-order valence-electron chi connectivity index (χ2n) is 4.44. The normalized spacial score (nSPS) is 11.7. The predicted molar refractivity (Wildman–Crippen MR) is 68.1 cm³/mol. The van der Waals surface area contributed by atoms with Gasteiger partial charge in [-0.3, -0.25) is 4.68 Å². The Hall–Kier alpha value is -2.18. The third-order valence-corrected chi connectivity index (χ3v) is 2.81. The highest BCUT2D eigenvalue weighted by atomic mass is 19.4. The lowest BCUT2D eigenvalue weighted by Crippen LogP contribution is -2.07. The monoisotopic (exact) mass is 285 g/mol. The Morgan fingerprint density at radius 1 is 1.30 bits per heavy atom. The van der Waals surface area contributed by atoms with E-state index in [4.69, 9.17) is 10.5 Å². The average molecular weight is 285 g/mol. The number of alkyl halides is 3. The second kappa shape index (κ2) is 5.07. The van der Waals surface area contributed by atoms with Crippen molar-refractivity contribution in [2.75, 3.05) is 5.73 Å². The zero-order valence-corrected chi connectivity index (χ0v) is 11.0. The Kier molecular flexibility index (Phi) is 3.61. The summed E-state index contributed by atoms with van der Waals surface area (Å²) in [5, 5.41) is 4.15. The summed E-state index contributed by atoms with van der Waals surface area (Å²) in [5.74, 6) is 0.219. The summed E-state index contributed by atoms with van der Waals surface area (Å²) in [6, 6.07) is 4.87. The minimum Gasteiger partial charge on any atom is -0.485 e. The van der Waals surface area contributed by atoms with Gasteiger partial charge in [-0.25, -0.2) is 0 Å². The van der Waals surface area contributed by atoms with Crippen molar-refractivity contribution in [2.24, 2.45) is 7.05 Å². The molecular weight excluding hydrogens is 271 g/mol. The van der Waals surface area contributed by atoms with Crippen LogP contribution in [0.25, 0.3) is 0 Å². The summed E-state index contributed by atoms with van der Waals surface area (Å²) >= 11 is 0. The van der Waals surface area contributed by atoms with Crippen LogP contribution in [-0.4, -0.2) is 9.78 Å². The third-order valence-electron chi connectivity index (χ3n) is 2.81. The number of aromatic nitrogens is 2. The molecule has 2 rings (SSSR count). The molecule has 0 aliphatic heterocycles. The molecule has 0 aliphatic carbocycles. The van der Waals surface area contributed by atoms with Gasteiger partial charge in [-0.1, -0.05) is 0 Å². The van der Waals surface area contributed by atoms with E-state index < -0.39 is 11.7 Å². The van der Waals surface area contributed by atoms with Crippen LogP contribution < -0.4 is 10.5 Å². The van der Waals surface area contributed by atoms with Gasteiger partial charge >= 0.3 is 6.18 Å². The molecule has 7 heteroatoms. The number of rotatable bonds is 3. The van der Waals surface area contributed by atoms with Crippen LogP contribution in [0.15, 0.2) is 24.3 Å². The second-order valence-corrected chi connectivity index (χ2v) is 4.44. The molecule has 0 saturated heterocycles. The Balaban J connectivity index is 2.13. The average Bonchev–Trinajstić information content (AvgIpc) is 2.65. The van der Waals surface area contributed by atoms with E-state index in [2.05, 4.69) is 5.10 Å². The standard InChI is InChI=1S/C13H14F3N3O/c1-8-5-10(19(2)18-8)7-20-12-4-3-9(6-11(12)17)13(14,15)16/h3-6H,7,17H2,1-2H3. The molecule has 0 atom stereocenters. The van der Waals surface area contributed by atoms with E-state index >= 15 is 0 Å². The molecule has 0 unspecified atom stereocenters. The van der Waals surface area contributed by atoms with E-state index in [9.17, 15) is 13.2 Å². The molecule has 0 fully saturated rings. The number of benzene rings is 1. The Labute approximate surface area is 114 Å². The van der Waals surface area contributed by atoms with Crippen LogP contribution in [0.4, 0.5) is 18.9 Å². The van der Waals surface area contributed by atoms with Crippen molar-refractivity contribution >= 4 is 5.69 Å². The van der Waals surface area contributed by atoms with Crippen LogP contribution in [-0.2, 0) is 19.8 Å². The van der Waals surface area contributed by atoms with Crippen LogP contribution in [0.2, 0.25) is 0 Å². The highest BCUT2D eigenvalue weighted by Gasteiger charge is 2.30. The zero-order valence-electron chi connectivity index (χ0n) is 11.0. The first-order valence-electron chi connectivity index (χ1n) is 5.86.